The zero-order chi connectivity index (χ0) is 22.8. The van der Waals surface area contributed by atoms with E-state index >= 15 is 0 Å². The summed E-state index contributed by atoms with van der Waals surface area (Å²) in [6, 6.07) is 4.33. The van der Waals surface area contributed by atoms with Crippen LogP contribution < -0.4 is 5.32 Å². The van der Waals surface area contributed by atoms with Gasteiger partial charge in [0.25, 0.3) is 5.91 Å². The molecule has 1 aliphatic carbocycles. The van der Waals surface area contributed by atoms with Gasteiger partial charge in [-0.3, -0.25) is 9.59 Å². The molecule has 2 aromatic rings. The Labute approximate surface area is 201 Å². The van der Waals surface area contributed by atoms with Gasteiger partial charge in [-0.2, -0.15) is 0 Å². The molecule has 33 heavy (non-hydrogen) atoms. The van der Waals surface area contributed by atoms with Crippen LogP contribution in [0.15, 0.2) is 17.5 Å². The van der Waals surface area contributed by atoms with Crippen LogP contribution in [0.25, 0.3) is 10.2 Å². The second-order valence-electron chi connectivity index (χ2n) is 10.4. The first-order valence-corrected chi connectivity index (χ1v) is 13.9. The van der Waals surface area contributed by atoms with Crippen LogP contribution in [0.5, 0.6) is 0 Å². The Morgan fingerprint density at radius 2 is 1.76 bits per heavy atom. The third kappa shape index (κ3) is 4.59. The van der Waals surface area contributed by atoms with Gasteiger partial charge in [0.15, 0.2) is 0 Å². The van der Waals surface area contributed by atoms with Gasteiger partial charge in [-0.25, -0.2) is 0 Å². The number of carbonyl (C=O) groups excluding carboxylic acids is 2. The van der Waals surface area contributed by atoms with E-state index in [1.54, 1.807) is 11.3 Å². The Hall–Kier alpha value is -1.86. The standard InChI is InChI=1S/C26H38N4O2S/c1-26(25(32)27-20-10-6-5-7-11-20)19-29-21-12-17-33-23(21)18-22(29)24(31)30(26)16-15-28-13-8-3-2-4-9-14-28/h12,17-18,20H,2-11,13-16,19H2,1H3,(H,27,32). The molecule has 3 aliphatic rings. The lowest BCUT2D eigenvalue weighted by Crippen LogP contribution is -2.65. The van der Waals surface area contributed by atoms with E-state index in [2.05, 4.69) is 26.2 Å². The van der Waals surface area contributed by atoms with Gasteiger partial charge in [-0.05, 0) is 63.2 Å². The SMILES string of the molecule is CC1(C(=O)NC2CCCCC2)Cn2c(cc3sccc32)C(=O)N1CCN1CCCCCCC1. The Bertz CT molecular complexity index is 984. The number of carbonyl (C=O) groups is 2. The zero-order valence-electron chi connectivity index (χ0n) is 20.0. The summed E-state index contributed by atoms with van der Waals surface area (Å²) in [5.41, 5.74) is 0.925. The average Bonchev–Trinajstić information content (AvgIpc) is 3.38. The lowest BCUT2D eigenvalue weighted by Gasteiger charge is -2.45. The van der Waals surface area contributed by atoms with E-state index in [-0.39, 0.29) is 17.9 Å². The van der Waals surface area contributed by atoms with E-state index in [0.29, 0.717) is 13.1 Å². The number of likely N-dealkylation sites (tertiary alicyclic amines) is 1. The molecule has 1 atom stereocenters. The van der Waals surface area contributed by atoms with Crippen molar-refractivity contribution in [3.63, 3.8) is 0 Å². The molecule has 1 saturated carbocycles. The number of amides is 2. The minimum Gasteiger partial charge on any atom is -0.351 e. The number of rotatable bonds is 5. The predicted octanol–water partition coefficient (Wildman–Crippen LogP) is 4.63. The first kappa shape index (κ1) is 22.9. The van der Waals surface area contributed by atoms with Gasteiger partial charge in [0.1, 0.15) is 11.2 Å². The molecule has 180 valence electrons. The first-order valence-electron chi connectivity index (χ1n) is 13.0. The number of fused-ring (bicyclic) bond motifs is 3. The number of hydrogen-bond donors (Lipinski definition) is 1. The topological polar surface area (TPSA) is 57.6 Å². The zero-order valence-corrected chi connectivity index (χ0v) is 20.8. The molecule has 2 amide bonds. The van der Waals surface area contributed by atoms with Crippen LogP contribution in [-0.2, 0) is 11.3 Å². The Morgan fingerprint density at radius 1 is 1.06 bits per heavy atom. The van der Waals surface area contributed by atoms with Gasteiger partial charge in [-0.1, -0.05) is 38.5 Å². The van der Waals surface area contributed by atoms with E-state index in [4.69, 9.17) is 0 Å². The van der Waals surface area contributed by atoms with E-state index in [1.165, 1.54) is 51.4 Å². The van der Waals surface area contributed by atoms with Gasteiger partial charge in [-0.15, -0.1) is 11.3 Å². The Morgan fingerprint density at radius 3 is 2.52 bits per heavy atom. The highest BCUT2D eigenvalue weighted by atomic mass is 32.1. The molecule has 5 rings (SSSR count). The van der Waals surface area contributed by atoms with E-state index in [1.807, 2.05) is 17.9 Å². The number of nitrogens with zero attached hydrogens (tertiary/aromatic N) is 3. The van der Waals surface area contributed by atoms with Gasteiger partial charge < -0.3 is 19.7 Å². The van der Waals surface area contributed by atoms with Gasteiger partial charge in [0.05, 0.1) is 16.8 Å². The monoisotopic (exact) mass is 470 g/mol. The molecule has 0 aromatic carbocycles. The predicted molar refractivity (Wildman–Crippen MR) is 134 cm³/mol. The third-order valence-corrected chi connectivity index (χ3v) is 8.92. The van der Waals surface area contributed by atoms with Crippen LogP contribution in [-0.4, -0.2) is 63.9 Å². The fourth-order valence-electron chi connectivity index (χ4n) is 5.99. The van der Waals surface area contributed by atoms with Crippen molar-refractivity contribution >= 4 is 33.4 Å². The Balaban J connectivity index is 1.40. The van der Waals surface area contributed by atoms with Crippen LogP contribution in [0, 0.1) is 0 Å². The number of hydrogen-bond acceptors (Lipinski definition) is 4. The molecule has 0 spiro atoms. The van der Waals surface area contributed by atoms with Crippen molar-refractivity contribution in [2.45, 2.75) is 89.3 Å². The molecule has 7 heteroatoms. The smallest absolute Gasteiger partial charge is 0.271 e. The summed E-state index contributed by atoms with van der Waals surface area (Å²) in [7, 11) is 0. The van der Waals surface area contributed by atoms with Crippen molar-refractivity contribution in [3.05, 3.63) is 23.2 Å². The van der Waals surface area contributed by atoms with Gasteiger partial charge in [0, 0.05) is 19.1 Å². The van der Waals surface area contributed by atoms with Gasteiger partial charge in [0.2, 0.25) is 5.91 Å². The molecular weight excluding hydrogens is 432 g/mol. The van der Waals surface area contributed by atoms with E-state index < -0.39 is 5.54 Å². The summed E-state index contributed by atoms with van der Waals surface area (Å²) < 4.78 is 3.21. The molecule has 6 nitrogen and oxygen atoms in total. The van der Waals surface area contributed by atoms with Crippen LogP contribution in [0.3, 0.4) is 0 Å². The summed E-state index contributed by atoms with van der Waals surface area (Å²) in [5.74, 6) is 0.0103. The fraction of sp³-hybridized carbons (Fsp3) is 0.692. The van der Waals surface area contributed by atoms with Crippen LogP contribution >= 0.6 is 11.3 Å². The van der Waals surface area contributed by atoms with Crippen molar-refractivity contribution in [2.24, 2.45) is 0 Å². The maximum atomic E-state index is 13.8. The molecule has 1 saturated heterocycles. The molecular formula is C26H38N4O2S. The van der Waals surface area contributed by atoms with Crippen LogP contribution in [0.1, 0.15) is 81.6 Å². The Kier molecular flexibility index (Phi) is 6.79. The van der Waals surface area contributed by atoms with Gasteiger partial charge >= 0.3 is 0 Å². The van der Waals surface area contributed by atoms with E-state index in [9.17, 15) is 9.59 Å². The van der Waals surface area contributed by atoms with Crippen molar-refractivity contribution in [3.8, 4) is 0 Å². The minimum absolute atomic E-state index is 0.00186. The van der Waals surface area contributed by atoms with E-state index in [0.717, 1.165) is 48.4 Å². The molecule has 0 radical (unpaired) electrons. The highest BCUT2D eigenvalue weighted by molar-refractivity contribution is 7.17. The highest BCUT2D eigenvalue weighted by Crippen LogP contribution is 2.34. The van der Waals surface area contributed by atoms with Crippen LogP contribution in [0.2, 0.25) is 0 Å². The fourth-order valence-corrected chi connectivity index (χ4v) is 6.81. The average molecular weight is 471 g/mol. The maximum Gasteiger partial charge on any atom is 0.271 e. The lowest BCUT2D eigenvalue weighted by atomic mass is 9.91. The van der Waals surface area contributed by atoms with Crippen LogP contribution in [0.4, 0.5) is 0 Å². The minimum atomic E-state index is -0.877. The number of nitrogens with one attached hydrogen (secondary N) is 1. The summed E-state index contributed by atoms with van der Waals surface area (Å²) in [6.45, 7) is 6.14. The molecule has 2 aliphatic heterocycles. The van der Waals surface area contributed by atoms with Crippen molar-refractivity contribution in [2.75, 3.05) is 26.2 Å². The second kappa shape index (κ2) is 9.79. The third-order valence-electron chi connectivity index (χ3n) is 8.07. The summed E-state index contributed by atoms with van der Waals surface area (Å²) in [5, 5.41) is 5.41. The highest BCUT2D eigenvalue weighted by Gasteiger charge is 2.48. The lowest BCUT2D eigenvalue weighted by molar-refractivity contribution is -0.133. The summed E-state index contributed by atoms with van der Waals surface area (Å²) >= 11 is 1.66. The first-order chi connectivity index (χ1) is 16.1. The molecule has 1 unspecified atom stereocenters. The molecule has 2 aromatic heterocycles. The molecule has 0 bridgehead atoms. The second-order valence-corrected chi connectivity index (χ2v) is 11.4. The number of aromatic nitrogens is 1. The van der Waals surface area contributed by atoms with Crippen molar-refractivity contribution in [1.82, 2.24) is 19.7 Å². The molecule has 2 fully saturated rings. The largest absolute Gasteiger partial charge is 0.351 e. The summed E-state index contributed by atoms with van der Waals surface area (Å²) in [4.78, 5) is 32.0. The molecule has 1 N–H and O–H groups in total. The summed E-state index contributed by atoms with van der Waals surface area (Å²) in [6.07, 6.45) is 12.1. The van der Waals surface area contributed by atoms with Crippen molar-refractivity contribution < 1.29 is 9.59 Å². The maximum absolute atomic E-state index is 13.8. The number of thiophene rings is 1. The normalized spacial score (nSPS) is 25.6. The van der Waals surface area contributed by atoms with Crippen molar-refractivity contribution in [1.29, 1.82) is 0 Å². The molecule has 4 heterocycles. The quantitative estimate of drug-likeness (QED) is 0.693.